The molecular weight excluding hydrogens is 696 g/mol. The van der Waals surface area contributed by atoms with E-state index in [4.69, 9.17) is 42.6 Å². The van der Waals surface area contributed by atoms with Gasteiger partial charge in [-0.1, -0.05) is 12.1 Å². The predicted molar refractivity (Wildman–Crippen MR) is 202 cm³/mol. The Balaban J connectivity index is 1.62. The van der Waals surface area contributed by atoms with Crippen molar-refractivity contribution in [3.63, 3.8) is 0 Å². The van der Waals surface area contributed by atoms with Gasteiger partial charge < -0.3 is 47.9 Å². The maximum absolute atomic E-state index is 15.2. The molecule has 0 radical (unpaired) electrons. The second-order valence-electron chi connectivity index (χ2n) is 12.5. The second kappa shape index (κ2) is 15.8. The van der Waals surface area contributed by atoms with Crippen molar-refractivity contribution in [2.75, 3.05) is 74.2 Å². The van der Waals surface area contributed by atoms with E-state index in [1.165, 1.54) is 42.7 Å². The number of hydrogen-bond donors (Lipinski definition) is 1. The first-order chi connectivity index (χ1) is 26.2. The summed E-state index contributed by atoms with van der Waals surface area (Å²) in [6, 6.07) is 16.9. The number of Topliss-reactive ketones (excluding diaryl/α,β-unsaturated/α-hetero) is 1. The summed E-state index contributed by atoms with van der Waals surface area (Å²) in [7, 11) is 13.7. The van der Waals surface area contributed by atoms with Gasteiger partial charge in [-0.2, -0.15) is 0 Å². The number of para-hydroxylation sites is 2. The fraction of sp³-hybridized carbons (Fsp3) is 0.317. The van der Waals surface area contributed by atoms with Gasteiger partial charge in [0.25, 0.3) is 5.91 Å². The monoisotopic (exact) mass is 740 g/mol. The van der Waals surface area contributed by atoms with Crippen molar-refractivity contribution < 1.29 is 52.2 Å². The van der Waals surface area contributed by atoms with E-state index in [9.17, 15) is 4.79 Å². The number of methoxy groups -OCH3 is 9. The lowest BCUT2D eigenvalue weighted by Crippen LogP contribution is -2.38. The van der Waals surface area contributed by atoms with Gasteiger partial charge in [0.05, 0.1) is 81.4 Å². The van der Waals surface area contributed by atoms with Crippen LogP contribution in [0.4, 0.5) is 11.4 Å². The molecule has 1 N–H and O–H groups in total. The average Bonchev–Trinajstić information content (AvgIpc) is 3.36. The highest BCUT2D eigenvalue weighted by molar-refractivity contribution is 6.12. The molecule has 0 unspecified atom stereocenters. The molecule has 13 nitrogen and oxygen atoms in total. The van der Waals surface area contributed by atoms with E-state index in [0.717, 1.165) is 5.56 Å². The fourth-order valence-corrected chi connectivity index (χ4v) is 7.30. The van der Waals surface area contributed by atoms with Crippen molar-refractivity contribution in [2.24, 2.45) is 0 Å². The fourth-order valence-electron chi connectivity index (χ4n) is 7.30. The number of benzene rings is 4. The molecule has 0 saturated heterocycles. The highest BCUT2D eigenvalue weighted by Crippen LogP contribution is 2.52. The topological polar surface area (TPSA) is 132 Å². The zero-order chi connectivity index (χ0) is 38.7. The Labute approximate surface area is 314 Å². The van der Waals surface area contributed by atoms with Crippen molar-refractivity contribution in [3.8, 4) is 51.7 Å². The Bertz CT molecular complexity index is 2040. The molecule has 54 heavy (non-hydrogen) atoms. The number of fused-ring (bicyclic) bond motifs is 1. The predicted octanol–water partition coefficient (Wildman–Crippen LogP) is 6.98. The van der Waals surface area contributed by atoms with Crippen LogP contribution >= 0.6 is 0 Å². The van der Waals surface area contributed by atoms with Crippen LogP contribution in [0.2, 0.25) is 0 Å². The number of hydrogen-bond acceptors (Lipinski definition) is 12. The molecule has 0 aromatic heterocycles. The molecule has 4 aromatic carbocycles. The van der Waals surface area contributed by atoms with Crippen molar-refractivity contribution in [3.05, 3.63) is 88.6 Å². The van der Waals surface area contributed by atoms with E-state index in [2.05, 4.69) is 5.32 Å². The number of ketones is 1. The number of nitrogens with one attached hydrogen (secondary N) is 1. The number of allylic oxidation sites excluding steroid dienone is 1. The molecule has 0 bridgehead atoms. The molecule has 4 aromatic rings. The first kappa shape index (κ1) is 37.5. The SMILES string of the molecule is COc1cc(C(=O)N2c3ccccc3NC3=C(C(=O)C[C@H](c4cc(OC)c(OC)c(OC)c4)C3)[C@H]2c2cc(OC)c(OC)c(OC)c2)cc(OC)c1OC. The molecule has 1 aliphatic carbocycles. The molecule has 0 saturated carbocycles. The summed E-state index contributed by atoms with van der Waals surface area (Å²) >= 11 is 0. The molecule has 284 valence electrons. The summed E-state index contributed by atoms with van der Waals surface area (Å²) < 4.78 is 50.9. The van der Waals surface area contributed by atoms with Gasteiger partial charge in [-0.05, 0) is 72.0 Å². The van der Waals surface area contributed by atoms with Crippen molar-refractivity contribution in [1.82, 2.24) is 0 Å². The first-order valence-corrected chi connectivity index (χ1v) is 17.1. The van der Waals surface area contributed by atoms with E-state index < -0.39 is 11.9 Å². The van der Waals surface area contributed by atoms with Gasteiger partial charge in [0.2, 0.25) is 17.2 Å². The van der Waals surface area contributed by atoms with E-state index in [0.29, 0.717) is 86.4 Å². The van der Waals surface area contributed by atoms with Crippen LogP contribution in [0.3, 0.4) is 0 Å². The van der Waals surface area contributed by atoms with Gasteiger partial charge in [-0.3, -0.25) is 14.5 Å². The lowest BCUT2D eigenvalue weighted by molar-refractivity contribution is -0.116. The van der Waals surface area contributed by atoms with Crippen molar-refractivity contribution in [1.29, 1.82) is 0 Å². The minimum absolute atomic E-state index is 0.128. The number of anilines is 2. The molecule has 1 aliphatic heterocycles. The van der Waals surface area contributed by atoms with Gasteiger partial charge in [0, 0.05) is 23.3 Å². The first-order valence-electron chi connectivity index (χ1n) is 17.1. The third-order valence-corrected chi connectivity index (χ3v) is 9.78. The van der Waals surface area contributed by atoms with Crippen LogP contribution in [-0.2, 0) is 4.79 Å². The van der Waals surface area contributed by atoms with Crippen LogP contribution in [0.5, 0.6) is 51.7 Å². The molecule has 2 atom stereocenters. The number of amides is 1. The smallest absolute Gasteiger partial charge is 0.259 e. The van der Waals surface area contributed by atoms with Crippen LogP contribution in [0.15, 0.2) is 71.9 Å². The number of nitrogens with zero attached hydrogens (tertiary/aromatic N) is 1. The number of ether oxygens (including phenoxy) is 9. The van der Waals surface area contributed by atoms with Gasteiger partial charge in [0.15, 0.2) is 40.3 Å². The standard InChI is InChI=1S/C41H44N2O11/c1-46-30-16-23(17-31(47-2)38(30)52-7)22-14-27-36(29(44)15-22)37(24-18-32(48-3)39(53-8)33(19-24)49-4)43(28-13-11-10-12-26(28)42-27)41(45)25-20-34(50-5)40(54-9)35(21-25)51-6/h10-13,16-22,37,42H,14-15H2,1-9H3/t22-,37-/m1/s1. The average molecular weight is 741 g/mol. The Kier molecular flexibility index (Phi) is 11.0. The third kappa shape index (κ3) is 6.50. The molecule has 13 heteroatoms. The largest absolute Gasteiger partial charge is 0.493 e. The second-order valence-corrected chi connectivity index (χ2v) is 12.5. The zero-order valence-electron chi connectivity index (χ0n) is 31.8. The number of carbonyl (C=O) groups is 2. The molecule has 0 fully saturated rings. The maximum Gasteiger partial charge on any atom is 0.259 e. The van der Waals surface area contributed by atoms with Crippen LogP contribution in [-0.4, -0.2) is 75.7 Å². The molecule has 2 aliphatic rings. The number of carbonyl (C=O) groups excluding carboxylic acids is 2. The summed E-state index contributed by atoms with van der Waals surface area (Å²) in [6.07, 6.45) is 0.545. The summed E-state index contributed by atoms with van der Waals surface area (Å²) in [5.41, 5.74) is 3.83. The Morgan fingerprint density at radius 2 is 1.04 bits per heavy atom. The summed E-state index contributed by atoms with van der Waals surface area (Å²) in [4.78, 5) is 31.7. The van der Waals surface area contributed by atoms with E-state index in [1.807, 2.05) is 36.4 Å². The van der Waals surface area contributed by atoms with Crippen LogP contribution in [0.25, 0.3) is 0 Å². The minimum Gasteiger partial charge on any atom is -0.493 e. The van der Waals surface area contributed by atoms with Gasteiger partial charge >= 0.3 is 0 Å². The van der Waals surface area contributed by atoms with Gasteiger partial charge in [-0.15, -0.1) is 0 Å². The lowest BCUT2D eigenvalue weighted by Gasteiger charge is -2.35. The number of rotatable bonds is 12. The van der Waals surface area contributed by atoms with E-state index in [1.54, 1.807) is 50.5 Å². The normalized spacial score (nSPS) is 16.2. The van der Waals surface area contributed by atoms with Crippen LogP contribution in [0, 0.1) is 0 Å². The third-order valence-electron chi connectivity index (χ3n) is 9.78. The van der Waals surface area contributed by atoms with Crippen molar-refractivity contribution >= 4 is 23.1 Å². The Morgan fingerprint density at radius 3 is 1.50 bits per heavy atom. The van der Waals surface area contributed by atoms with Crippen molar-refractivity contribution in [2.45, 2.75) is 24.8 Å². The molecule has 1 heterocycles. The minimum atomic E-state index is -0.968. The zero-order valence-corrected chi connectivity index (χ0v) is 31.8. The van der Waals surface area contributed by atoms with Gasteiger partial charge in [0.1, 0.15) is 0 Å². The highest BCUT2D eigenvalue weighted by atomic mass is 16.5. The summed E-state index contributed by atoms with van der Waals surface area (Å²) in [5.74, 6) is 2.56. The van der Waals surface area contributed by atoms with Crippen LogP contribution in [0.1, 0.15) is 46.3 Å². The van der Waals surface area contributed by atoms with E-state index >= 15 is 4.79 Å². The summed E-state index contributed by atoms with van der Waals surface area (Å²) in [5, 5.41) is 3.57. The Hall–Kier alpha value is -6.24. The highest BCUT2D eigenvalue weighted by Gasteiger charge is 2.43. The lowest BCUT2D eigenvalue weighted by atomic mass is 9.78. The molecule has 0 spiro atoms. The van der Waals surface area contributed by atoms with E-state index in [-0.39, 0.29) is 23.7 Å². The maximum atomic E-state index is 15.2. The molecule has 1 amide bonds. The Morgan fingerprint density at radius 1 is 0.593 bits per heavy atom. The molecular formula is C41H44N2O11. The summed E-state index contributed by atoms with van der Waals surface area (Å²) in [6.45, 7) is 0. The molecule has 6 rings (SSSR count). The van der Waals surface area contributed by atoms with Gasteiger partial charge in [-0.25, -0.2) is 0 Å². The van der Waals surface area contributed by atoms with Crippen LogP contribution < -0.4 is 52.8 Å². The quantitative estimate of drug-likeness (QED) is 0.161.